The van der Waals surface area contributed by atoms with Gasteiger partial charge in [0, 0.05) is 0 Å². The molecule has 58 valence electrons. The van der Waals surface area contributed by atoms with E-state index in [-0.39, 0.29) is 0 Å². The summed E-state index contributed by atoms with van der Waals surface area (Å²) < 4.78 is 9.50. The normalized spacial score (nSPS) is 15.7. The Bertz CT molecular complexity index is 226. The van der Waals surface area contributed by atoms with Crippen LogP contribution in [0.1, 0.15) is 0 Å². The Kier molecular flexibility index (Phi) is 4.00. The van der Waals surface area contributed by atoms with Crippen molar-refractivity contribution in [1.29, 1.82) is 0 Å². The van der Waals surface area contributed by atoms with E-state index < -0.39 is 19.0 Å². The molecule has 0 aliphatic heterocycles. The van der Waals surface area contributed by atoms with Crippen LogP contribution < -0.4 is 0 Å². The Morgan fingerprint density at radius 1 is 0.909 bits per heavy atom. The summed E-state index contributed by atoms with van der Waals surface area (Å²) >= 11 is -3.64. The molecule has 0 unspecified atom stereocenters. The SMILES string of the molecule is C[Te](N=[N+]=[N-])(N=[N+]=[N-])N=[N+]=[N-]. The standard InChI is InChI=1S/CH3N9Te/c1-11(8-5-2,9-6-3)10-7-4/h1H3. The Morgan fingerprint density at radius 3 is 1.36 bits per heavy atom. The number of rotatable bonds is 3. The van der Waals surface area contributed by atoms with Crippen LogP contribution in [0.5, 0.6) is 0 Å². The molecule has 0 saturated carbocycles. The summed E-state index contributed by atoms with van der Waals surface area (Å²) in [5, 5.41) is 0. The van der Waals surface area contributed by atoms with E-state index in [1.165, 1.54) is 4.97 Å². The van der Waals surface area contributed by atoms with Crippen LogP contribution in [0.25, 0.3) is 31.3 Å². The van der Waals surface area contributed by atoms with Crippen LogP contribution in [-0.4, -0.2) is 19.0 Å². The predicted octanol–water partition coefficient (Wildman–Crippen LogP) is 2.49. The zero-order valence-corrected chi connectivity index (χ0v) is 7.76. The van der Waals surface area contributed by atoms with Gasteiger partial charge >= 0.3 is 65.4 Å². The summed E-state index contributed by atoms with van der Waals surface area (Å²) in [4.78, 5) is 8.65. The second kappa shape index (κ2) is 4.52. The van der Waals surface area contributed by atoms with Gasteiger partial charge in [-0.2, -0.15) is 0 Å². The predicted molar refractivity (Wildman–Crippen MR) is 39.1 cm³/mol. The minimum absolute atomic E-state index is 1.38. The molecule has 0 N–H and O–H groups in total. The molecule has 0 aromatic heterocycles. The monoisotopic (exact) mass is 271 g/mol. The average Bonchev–Trinajstić information content (AvgIpc) is 1.88. The van der Waals surface area contributed by atoms with E-state index in [4.69, 9.17) is 16.6 Å². The first-order valence-corrected chi connectivity index (χ1v) is 7.61. The fraction of sp³-hybridized carbons (Fsp3) is 1.00. The first kappa shape index (κ1) is 9.72. The van der Waals surface area contributed by atoms with Gasteiger partial charge in [-0.15, -0.1) is 0 Å². The maximum absolute atomic E-state index is 7.99. The molecule has 9 nitrogen and oxygen atoms in total. The molecule has 0 amide bonds. The second-order valence-corrected chi connectivity index (χ2v) is 7.23. The quantitative estimate of drug-likeness (QED) is 0.320. The molecule has 0 heterocycles. The van der Waals surface area contributed by atoms with Gasteiger partial charge in [-0.3, -0.25) is 0 Å². The van der Waals surface area contributed by atoms with Crippen molar-refractivity contribution in [2.75, 3.05) is 0 Å². The Morgan fingerprint density at radius 2 is 1.18 bits per heavy atom. The summed E-state index contributed by atoms with van der Waals surface area (Å²) in [6.07, 6.45) is 0. The fourth-order valence-electron chi connectivity index (χ4n) is 0.257. The molecule has 0 fully saturated rings. The third kappa shape index (κ3) is 3.43. The molecule has 0 radical (unpaired) electrons. The Labute approximate surface area is 65.8 Å². The van der Waals surface area contributed by atoms with E-state index in [1.54, 1.807) is 0 Å². The molecule has 0 spiro atoms. The van der Waals surface area contributed by atoms with Crippen LogP contribution in [-0.2, 0) is 0 Å². The van der Waals surface area contributed by atoms with Crippen LogP contribution in [0.2, 0.25) is 4.97 Å². The van der Waals surface area contributed by atoms with Crippen LogP contribution in [0.3, 0.4) is 0 Å². The van der Waals surface area contributed by atoms with Gasteiger partial charge in [0.15, 0.2) is 0 Å². The van der Waals surface area contributed by atoms with Gasteiger partial charge in [0.25, 0.3) is 0 Å². The van der Waals surface area contributed by atoms with Crippen molar-refractivity contribution in [2.45, 2.75) is 4.97 Å². The molecule has 0 aliphatic rings. The van der Waals surface area contributed by atoms with Gasteiger partial charge in [-0.1, -0.05) is 0 Å². The first-order valence-electron chi connectivity index (χ1n) is 2.16. The van der Waals surface area contributed by atoms with Crippen molar-refractivity contribution in [3.05, 3.63) is 31.3 Å². The van der Waals surface area contributed by atoms with Crippen molar-refractivity contribution >= 4 is 19.0 Å². The number of azide groups is 1. The van der Waals surface area contributed by atoms with Crippen molar-refractivity contribution in [2.24, 2.45) is 10.1 Å². The molecule has 0 atom stereocenters. The van der Waals surface area contributed by atoms with Crippen molar-refractivity contribution in [1.82, 2.24) is 0 Å². The molecule has 0 aromatic rings. The van der Waals surface area contributed by atoms with Crippen molar-refractivity contribution in [3.63, 3.8) is 0 Å². The number of nitrogens with zero attached hydrogens (tertiary/aromatic N) is 9. The molecule has 0 saturated heterocycles. The average molecular weight is 269 g/mol. The van der Waals surface area contributed by atoms with Crippen molar-refractivity contribution in [3.8, 4) is 0 Å². The molecule has 0 aliphatic carbocycles. The molecule has 11 heavy (non-hydrogen) atoms. The van der Waals surface area contributed by atoms with E-state index in [0.717, 1.165) is 0 Å². The molecule has 0 aromatic carbocycles. The van der Waals surface area contributed by atoms with Gasteiger partial charge in [-0.05, 0) is 0 Å². The van der Waals surface area contributed by atoms with E-state index in [9.17, 15) is 0 Å². The van der Waals surface area contributed by atoms with E-state index >= 15 is 0 Å². The van der Waals surface area contributed by atoms with Gasteiger partial charge in [0.2, 0.25) is 0 Å². The minimum atomic E-state index is -3.64. The topological polar surface area (TPSA) is 146 Å². The molecule has 10 heteroatoms. The third-order valence-electron chi connectivity index (χ3n) is 0.574. The van der Waals surface area contributed by atoms with Crippen molar-refractivity contribution < 1.29 is 0 Å². The molecular weight excluding hydrogens is 266 g/mol. The summed E-state index contributed by atoms with van der Waals surface area (Å²) in [7, 11) is 0. The van der Waals surface area contributed by atoms with Gasteiger partial charge in [0.1, 0.15) is 0 Å². The van der Waals surface area contributed by atoms with Gasteiger partial charge in [-0.25, -0.2) is 0 Å². The van der Waals surface area contributed by atoms with Crippen LogP contribution in [0, 0.1) is 0 Å². The third-order valence-corrected chi connectivity index (χ3v) is 3.85. The first-order chi connectivity index (χ1) is 5.18. The zero-order valence-electron chi connectivity index (χ0n) is 5.43. The van der Waals surface area contributed by atoms with E-state index in [0.29, 0.717) is 0 Å². The summed E-state index contributed by atoms with van der Waals surface area (Å²) in [6.45, 7) is 0. The summed E-state index contributed by atoms with van der Waals surface area (Å²) in [5.74, 6) is 0. The zero-order chi connectivity index (χ0) is 8.74. The van der Waals surface area contributed by atoms with E-state index in [2.05, 4.69) is 24.8 Å². The van der Waals surface area contributed by atoms with Gasteiger partial charge in [0.05, 0.1) is 0 Å². The molecule has 0 bridgehead atoms. The van der Waals surface area contributed by atoms with Gasteiger partial charge < -0.3 is 0 Å². The fourth-order valence-corrected chi connectivity index (χ4v) is 1.72. The Balaban J connectivity index is 4.94. The number of hydrogen-bond donors (Lipinski definition) is 0. The van der Waals surface area contributed by atoms with Crippen LogP contribution >= 0.6 is 0 Å². The molecule has 0 rings (SSSR count). The second-order valence-electron chi connectivity index (χ2n) is 1.31. The summed E-state index contributed by atoms with van der Waals surface area (Å²) in [5.41, 5.74) is 24.0. The number of hydrogen-bond acceptors (Lipinski definition) is 3. The van der Waals surface area contributed by atoms with E-state index in [1.807, 2.05) is 0 Å². The van der Waals surface area contributed by atoms with Crippen LogP contribution in [0.4, 0.5) is 0 Å². The Hall–Kier alpha value is -1.28. The maximum atomic E-state index is 7.99. The molecular formula is CH3N9Te. The summed E-state index contributed by atoms with van der Waals surface area (Å²) in [6, 6.07) is 0. The van der Waals surface area contributed by atoms with Crippen LogP contribution in [0.15, 0.2) is 10.1 Å².